The standard InChI is InChI=1S/C11H22O4/c1-3-5-10(11(12)13)6-9-15-8-4-7-14-2/h10H,3-9H2,1-2H3,(H,12,13). The van der Waals surface area contributed by atoms with E-state index in [0.717, 1.165) is 19.3 Å². The van der Waals surface area contributed by atoms with Crippen LogP contribution in [-0.4, -0.2) is 38.0 Å². The first-order valence-corrected chi connectivity index (χ1v) is 5.51. The summed E-state index contributed by atoms with van der Waals surface area (Å²) in [5.41, 5.74) is 0. The van der Waals surface area contributed by atoms with Gasteiger partial charge in [-0.05, 0) is 19.3 Å². The third kappa shape index (κ3) is 8.39. The lowest BCUT2D eigenvalue weighted by Gasteiger charge is -2.10. The Hall–Kier alpha value is -0.610. The quantitative estimate of drug-likeness (QED) is 0.569. The molecule has 4 nitrogen and oxygen atoms in total. The van der Waals surface area contributed by atoms with Gasteiger partial charge < -0.3 is 14.6 Å². The molecule has 0 fully saturated rings. The second kappa shape index (κ2) is 9.93. The van der Waals surface area contributed by atoms with Crippen LogP contribution in [-0.2, 0) is 14.3 Å². The van der Waals surface area contributed by atoms with Crippen LogP contribution in [0.5, 0.6) is 0 Å². The zero-order valence-electron chi connectivity index (χ0n) is 9.70. The van der Waals surface area contributed by atoms with Gasteiger partial charge in [-0.15, -0.1) is 0 Å². The molecule has 1 unspecified atom stereocenters. The second-order valence-corrected chi connectivity index (χ2v) is 3.57. The maximum absolute atomic E-state index is 10.8. The van der Waals surface area contributed by atoms with E-state index < -0.39 is 5.97 Å². The first-order valence-electron chi connectivity index (χ1n) is 5.51. The maximum atomic E-state index is 10.8. The van der Waals surface area contributed by atoms with E-state index in [1.54, 1.807) is 7.11 Å². The number of carboxylic acid groups (broad SMARTS) is 1. The minimum Gasteiger partial charge on any atom is -0.481 e. The molecule has 1 N–H and O–H groups in total. The van der Waals surface area contributed by atoms with E-state index in [1.807, 2.05) is 6.92 Å². The highest BCUT2D eigenvalue weighted by atomic mass is 16.5. The van der Waals surface area contributed by atoms with Crippen molar-refractivity contribution in [3.8, 4) is 0 Å². The second-order valence-electron chi connectivity index (χ2n) is 3.57. The molecule has 0 saturated carbocycles. The summed E-state index contributed by atoms with van der Waals surface area (Å²) in [5.74, 6) is -0.963. The molecule has 0 aliphatic rings. The van der Waals surface area contributed by atoms with Crippen molar-refractivity contribution in [3.63, 3.8) is 0 Å². The number of ether oxygens (including phenoxy) is 2. The van der Waals surface area contributed by atoms with E-state index in [0.29, 0.717) is 26.2 Å². The third-order valence-corrected chi connectivity index (χ3v) is 2.23. The van der Waals surface area contributed by atoms with Crippen LogP contribution >= 0.6 is 0 Å². The number of carboxylic acids is 1. The number of rotatable bonds is 10. The molecular weight excluding hydrogens is 196 g/mol. The number of hydrogen-bond donors (Lipinski definition) is 1. The summed E-state index contributed by atoms with van der Waals surface area (Å²) in [7, 11) is 1.65. The monoisotopic (exact) mass is 218 g/mol. The van der Waals surface area contributed by atoms with Gasteiger partial charge in [-0.25, -0.2) is 0 Å². The highest BCUT2D eigenvalue weighted by molar-refractivity contribution is 5.69. The minimum atomic E-state index is -0.711. The van der Waals surface area contributed by atoms with Crippen molar-refractivity contribution in [1.82, 2.24) is 0 Å². The fourth-order valence-corrected chi connectivity index (χ4v) is 1.37. The van der Waals surface area contributed by atoms with Crippen molar-refractivity contribution >= 4 is 5.97 Å². The van der Waals surface area contributed by atoms with Gasteiger partial charge in [0.15, 0.2) is 0 Å². The molecular formula is C11H22O4. The van der Waals surface area contributed by atoms with Crippen molar-refractivity contribution in [2.45, 2.75) is 32.6 Å². The van der Waals surface area contributed by atoms with Crippen molar-refractivity contribution in [1.29, 1.82) is 0 Å². The zero-order valence-corrected chi connectivity index (χ0v) is 9.70. The Morgan fingerprint density at radius 2 is 2.00 bits per heavy atom. The van der Waals surface area contributed by atoms with Gasteiger partial charge >= 0.3 is 5.97 Å². The Morgan fingerprint density at radius 1 is 1.27 bits per heavy atom. The van der Waals surface area contributed by atoms with E-state index in [2.05, 4.69) is 0 Å². The topological polar surface area (TPSA) is 55.8 Å². The van der Waals surface area contributed by atoms with E-state index in [-0.39, 0.29) is 5.92 Å². The molecule has 0 aromatic carbocycles. The Bertz CT molecular complexity index is 159. The Morgan fingerprint density at radius 3 is 2.53 bits per heavy atom. The van der Waals surface area contributed by atoms with Crippen molar-refractivity contribution in [2.75, 3.05) is 26.9 Å². The van der Waals surface area contributed by atoms with Gasteiger partial charge in [-0.1, -0.05) is 13.3 Å². The Balaban J connectivity index is 3.41. The first-order chi connectivity index (χ1) is 7.22. The van der Waals surface area contributed by atoms with Crippen molar-refractivity contribution in [2.24, 2.45) is 5.92 Å². The summed E-state index contributed by atoms with van der Waals surface area (Å²) in [4.78, 5) is 10.8. The molecule has 15 heavy (non-hydrogen) atoms. The molecule has 0 aliphatic carbocycles. The lowest BCUT2D eigenvalue weighted by atomic mass is 10.0. The van der Waals surface area contributed by atoms with E-state index in [9.17, 15) is 4.79 Å². The average Bonchev–Trinajstić information content (AvgIpc) is 2.21. The fourth-order valence-electron chi connectivity index (χ4n) is 1.37. The molecule has 0 heterocycles. The zero-order chi connectivity index (χ0) is 11.5. The molecule has 0 bridgehead atoms. The van der Waals surface area contributed by atoms with E-state index in [1.165, 1.54) is 0 Å². The third-order valence-electron chi connectivity index (χ3n) is 2.23. The molecule has 0 saturated heterocycles. The molecule has 1 atom stereocenters. The molecule has 0 amide bonds. The first kappa shape index (κ1) is 14.4. The van der Waals surface area contributed by atoms with Crippen molar-refractivity contribution in [3.05, 3.63) is 0 Å². The molecule has 0 radical (unpaired) electrons. The number of aliphatic carboxylic acids is 1. The van der Waals surface area contributed by atoms with Gasteiger partial charge in [0.25, 0.3) is 0 Å². The van der Waals surface area contributed by atoms with Crippen LogP contribution in [0.1, 0.15) is 32.6 Å². The summed E-state index contributed by atoms with van der Waals surface area (Å²) >= 11 is 0. The fraction of sp³-hybridized carbons (Fsp3) is 0.909. The van der Waals surface area contributed by atoms with Gasteiger partial charge in [-0.2, -0.15) is 0 Å². The van der Waals surface area contributed by atoms with Crippen molar-refractivity contribution < 1.29 is 19.4 Å². The van der Waals surface area contributed by atoms with Gasteiger partial charge in [0.1, 0.15) is 0 Å². The maximum Gasteiger partial charge on any atom is 0.306 e. The number of hydrogen-bond acceptors (Lipinski definition) is 3. The molecule has 90 valence electrons. The summed E-state index contributed by atoms with van der Waals surface area (Å²) in [6.45, 7) is 3.86. The number of methoxy groups -OCH3 is 1. The van der Waals surface area contributed by atoms with Crippen LogP contribution < -0.4 is 0 Å². The van der Waals surface area contributed by atoms with E-state index >= 15 is 0 Å². The summed E-state index contributed by atoms with van der Waals surface area (Å²) < 4.78 is 10.2. The predicted molar refractivity (Wildman–Crippen MR) is 58.0 cm³/mol. The van der Waals surface area contributed by atoms with Crippen LogP contribution in [0, 0.1) is 5.92 Å². The largest absolute Gasteiger partial charge is 0.481 e. The minimum absolute atomic E-state index is 0.252. The van der Waals surface area contributed by atoms with Crippen LogP contribution in [0.25, 0.3) is 0 Å². The highest BCUT2D eigenvalue weighted by Gasteiger charge is 2.15. The summed E-state index contributed by atoms with van der Waals surface area (Å²) in [5, 5.41) is 8.87. The average molecular weight is 218 g/mol. The van der Waals surface area contributed by atoms with Crippen LogP contribution in [0.15, 0.2) is 0 Å². The summed E-state index contributed by atoms with van der Waals surface area (Å²) in [6, 6.07) is 0. The van der Waals surface area contributed by atoms with Gasteiger partial charge in [0.05, 0.1) is 5.92 Å². The van der Waals surface area contributed by atoms with E-state index in [4.69, 9.17) is 14.6 Å². The van der Waals surface area contributed by atoms with Crippen LogP contribution in [0.2, 0.25) is 0 Å². The van der Waals surface area contributed by atoms with Crippen LogP contribution in [0.3, 0.4) is 0 Å². The normalized spacial score (nSPS) is 12.7. The Kier molecular flexibility index (Phi) is 9.52. The number of carbonyl (C=O) groups is 1. The van der Waals surface area contributed by atoms with Crippen LogP contribution in [0.4, 0.5) is 0 Å². The predicted octanol–water partition coefficient (Wildman–Crippen LogP) is 1.93. The highest BCUT2D eigenvalue weighted by Crippen LogP contribution is 2.11. The summed E-state index contributed by atoms with van der Waals surface area (Å²) in [6.07, 6.45) is 3.11. The molecule has 0 spiro atoms. The molecule has 0 aromatic heterocycles. The SMILES string of the molecule is CCCC(CCOCCCOC)C(=O)O. The molecule has 4 heteroatoms. The van der Waals surface area contributed by atoms with Gasteiger partial charge in [0, 0.05) is 26.9 Å². The van der Waals surface area contributed by atoms with Gasteiger partial charge in [-0.3, -0.25) is 4.79 Å². The van der Waals surface area contributed by atoms with Gasteiger partial charge in [0.2, 0.25) is 0 Å². The molecule has 0 rings (SSSR count). The lowest BCUT2D eigenvalue weighted by Crippen LogP contribution is -2.16. The molecule has 0 aliphatic heterocycles. The molecule has 0 aromatic rings. The lowest BCUT2D eigenvalue weighted by molar-refractivity contribution is -0.142. The smallest absolute Gasteiger partial charge is 0.306 e. The Labute approximate surface area is 91.6 Å².